The summed E-state index contributed by atoms with van der Waals surface area (Å²) < 4.78 is 12.1. The molecule has 0 radical (unpaired) electrons. The molecule has 0 unspecified atom stereocenters. The zero-order chi connectivity index (χ0) is 21.7. The second kappa shape index (κ2) is 10.1. The van der Waals surface area contributed by atoms with Crippen LogP contribution in [0.2, 0.25) is 5.02 Å². The summed E-state index contributed by atoms with van der Waals surface area (Å²) in [6, 6.07) is 11.6. The van der Waals surface area contributed by atoms with Gasteiger partial charge in [-0.15, -0.1) is 0 Å². The van der Waals surface area contributed by atoms with Gasteiger partial charge in [0.25, 0.3) is 0 Å². The number of rotatable bonds is 8. The monoisotopic (exact) mass is 494 g/mol. The lowest BCUT2D eigenvalue weighted by Gasteiger charge is -2.31. The number of benzene rings is 2. The highest BCUT2D eigenvalue weighted by Gasteiger charge is 2.45. The van der Waals surface area contributed by atoms with E-state index in [1.54, 1.807) is 7.11 Å². The largest absolute Gasteiger partial charge is 0.496 e. The van der Waals surface area contributed by atoms with Gasteiger partial charge >= 0.3 is 5.97 Å². The highest BCUT2D eigenvalue weighted by atomic mass is 79.9. The van der Waals surface area contributed by atoms with Crippen LogP contribution >= 0.6 is 27.5 Å². The van der Waals surface area contributed by atoms with Crippen LogP contribution in [0.1, 0.15) is 30.5 Å². The van der Waals surface area contributed by atoms with Crippen LogP contribution in [0.25, 0.3) is 0 Å². The molecule has 1 aliphatic heterocycles. The van der Waals surface area contributed by atoms with Crippen molar-refractivity contribution >= 4 is 33.5 Å². The molecule has 1 aliphatic rings. The van der Waals surface area contributed by atoms with Crippen molar-refractivity contribution < 1.29 is 14.3 Å². The summed E-state index contributed by atoms with van der Waals surface area (Å²) in [7, 11) is 1.67. The number of methoxy groups -OCH3 is 1. The number of halogens is 2. The molecule has 2 aromatic rings. The Morgan fingerprint density at radius 3 is 2.60 bits per heavy atom. The molecule has 0 aliphatic carbocycles. The zero-order valence-electron chi connectivity index (χ0n) is 17.6. The number of aryl methyl sites for hydroxylation is 1. The van der Waals surface area contributed by atoms with Gasteiger partial charge in [-0.1, -0.05) is 53.5 Å². The van der Waals surface area contributed by atoms with Crippen LogP contribution in [-0.4, -0.2) is 32.8 Å². The van der Waals surface area contributed by atoms with Crippen molar-refractivity contribution in [3.05, 3.63) is 62.6 Å². The van der Waals surface area contributed by atoms with Gasteiger partial charge < -0.3 is 9.47 Å². The third kappa shape index (κ3) is 4.99. The number of ether oxygens (including phenoxy) is 2. The first-order valence-electron chi connectivity index (χ1n) is 10.1. The molecule has 0 aromatic heterocycles. The van der Waals surface area contributed by atoms with Gasteiger partial charge in [-0.25, -0.2) is 4.79 Å². The molecule has 0 spiro atoms. The van der Waals surface area contributed by atoms with Gasteiger partial charge in [-0.05, 0) is 54.2 Å². The molecule has 0 atom stereocenters. The van der Waals surface area contributed by atoms with Crippen LogP contribution in [0.4, 0.5) is 0 Å². The Kier molecular flexibility index (Phi) is 7.80. The molecular formula is C23H28BrClN2O3. The Morgan fingerprint density at radius 1 is 1.20 bits per heavy atom. The van der Waals surface area contributed by atoms with Crippen LogP contribution in [0.15, 0.2) is 40.9 Å². The molecule has 30 heavy (non-hydrogen) atoms. The summed E-state index contributed by atoms with van der Waals surface area (Å²) in [6.45, 7) is 5.75. The molecule has 0 saturated carbocycles. The Morgan fingerprint density at radius 2 is 1.93 bits per heavy atom. The number of esters is 1. The van der Waals surface area contributed by atoms with E-state index in [1.165, 1.54) is 0 Å². The summed E-state index contributed by atoms with van der Waals surface area (Å²) in [5.74, 6) is 0.766. The van der Waals surface area contributed by atoms with Gasteiger partial charge in [-0.3, -0.25) is 10.6 Å². The SMILES string of the molecule is COc1ccc(Br)cc1CCc1c(Cl)cccc1C1(C(=O)OCC(C)C)NCCN1. The molecule has 3 rings (SSSR count). The normalized spacial score (nSPS) is 15.4. The van der Waals surface area contributed by atoms with Crippen molar-refractivity contribution in [3.63, 3.8) is 0 Å². The molecule has 2 N–H and O–H groups in total. The van der Waals surface area contributed by atoms with Crippen molar-refractivity contribution in [2.75, 3.05) is 26.8 Å². The molecule has 7 heteroatoms. The van der Waals surface area contributed by atoms with Crippen LogP contribution in [0.3, 0.4) is 0 Å². The zero-order valence-corrected chi connectivity index (χ0v) is 19.9. The minimum Gasteiger partial charge on any atom is -0.496 e. The first-order valence-corrected chi connectivity index (χ1v) is 11.3. The maximum Gasteiger partial charge on any atom is 0.346 e. The first-order chi connectivity index (χ1) is 14.4. The van der Waals surface area contributed by atoms with Crippen LogP contribution in [0, 0.1) is 5.92 Å². The molecule has 0 bridgehead atoms. The average molecular weight is 496 g/mol. The minimum absolute atomic E-state index is 0.259. The van der Waals surface area contributed by atoms with Crippen LogP contribution < -0.4 is 15.4 Å². The van der Waals surface area contributed by atoms with E-state index < -0.39 is 5.66 Å². The Bertz CT molecular complexity index is 898. The van der Waals surface area contributed by atoms with E-state index in [2.05, 4.69) is 26.6 Å². The van der Waals surface area contributed by atoms with Gasteiger partial charge in [0.05, 0.1) is 13.7 Å². The number of hydrogen-bond acceptors (Lipinski definition) is 5. The fourth-order valence-corrected chi connectivity index (χ4v) is 4.40. The Hall–Kier alpha value is -1.60. The fourth-order valence-electron chi connectivity index (χ4n) is 3.72. The van der Waals surface area contributed by atoms with E-state index in [4.69, 9.17) is 21.1 Å². The lowest BCUT2D eigenvalue weighted by atomic mass is 9.91. The van der Waals surface area contributed by atoms with E-state index in [9.17, 15) is 4.79 Å². The first kappa shape index (κ1) is 23.1. The summed E-state index contributed by atoms with van der Waals surface area (Å²) >= 11 is 10.2. The third-order valence-corrected chi connectivity index (χ3v) is 6.02. The molecular weight excluding hydrogens is 468 g/mol. The predicted octanol–water partition coefficient (Wildman–Crippen LogP) is 4.44. The summed E-state index contributed by atoms with van der Waals surface area (Å²) in [5.41, 5.74) is 1.72. The van der Waals surface area contributed by atoms with Gasteiger partial charge in [0.15, 0.2) is 5.66 Å². The lowest BCUT2D eigenvalue weighted by molar-refractivity contribution is -0.154. The van der Waals surface area contributed by atoms with Gasteiger partial charge in [0.1, 0.15) is 5.75 Å². The molecule has 2 aromatic carbocycles. The van der Waals surface area contributed by atoms with Crippen molar-refractivity contribution in [2.45, 2.75) is 32.4 Å². The topological polar surface area (TPSA) is 59.6 Å². The smallest absolute Gasteiger partial charge is 0.346 e. The van der Waals surface area contributed by atoms with Crippen molar-refractivity contribution in [1.82, 2.24) is 10.6 Å². The maximum atomic E-state index is 13.1. The second-order valence-corrected chi connectivity index (χ2v) is 9.14. The van der Waals surface area contributed by atoms with Crippen molar-refractivity contribution in [3.8, 4) is 5.75 Å². The van der Waals surface area contributed by atoms with E-state index in [0.29, 0.717) is 31.1 Å². The van der Waals surface area contributed by atoms with Gasteiger partial charge in [-0.2, -0.15) is 0 Å². The second-order valence-electron chi connectivity index (χ2n) is 7.82. The summed E-state index contributed by atoms with van der Waals surface area (Å²) in [4.78, 5) is 13.1. The van der Waals surface area contributed by atoms with Crippen LogP contribution in [0.5, 0.6) is 5.75 Å². The van der Waals surface area contributed by atoms with E-state index in [1.807, 2.05) is 50.2 Å². The van der Waals surface area contributed by atoms with Crippen molar-refractivity contribution in [1.29, 1.82) is 0 Å². The molecule has 0 amide bonds. The molecule has 1 saturated heterocycles. The standard InChI is InChI=1S/C23H28BrClN2O3/c1-15(2)14-30-22(28)23(26-11-12-27-23)19-5-4-6-20(25)18(19)9-7-16-13-17(24)8-10-21(16)29-3/h4-6,8,10,13,15,26-27H,7,9,11-12,14H2,1-3H3. The Balaban J connectivity index is 1.94. The highest BCUT2D eigenvalue weighted by Crippen LogP contribution is 2.33. The molecule has 1 fully saturated rings. The highest BCUT2D eigenvalue weighted by molar-refractivity contribution is 9.10. The van der Waals surface area contributed by atoms with E-state index in [-0.39, 0.29) is 11.9 Å². The van der Waals surface area contributed by atoms with Crippen molar-refractivity contribution in [2.24, 2.45) is 5.92 Å². The third-order valence-electron chi connectivity index (χ3n) is 5.17. The van der Waals surface area contributed by atoms with E-state index >= 15 is 0 Å². The number of carbonyl (C=O) groups is 1. The van der Waals surface area contributed by atoms with Crippen LogP contribution in [-0.2, 0) is 28.0 Å². The van der Waals surface area contributed by atoms with Gasteiger partial charge in [0.2, 0.25) is 0 Å². The predicted molar refractivity (Wildman–Crippen MR) is 123 cm³/mol. The minimum atomic E-state index is -1.09. The average Bonchev–Trinajstić information content (AvgIpc) is 3.22. The number of carbonyl (C=O) groups excluding carboxylic acids is 1. The summed E-state index contributed by atoms with van der Waals surface area (Å²) in [6.07, 6.45) is 1.38. The maximum absolute atomic E-state index is 13.1. The summed E-state index contributed by atoms with van der Waals surface area (Å²) in [5, 5.41) is 7.29. The number of hydrogen-bond donors (Lipinski definition) is 2. The molecule has 162 valence electrons. The molecule has 5 nitrogen and oxygen atoms in total. The quantitative estimate of drug-likeness (QED) is 0.530. The van der Waals surface area contributed by atoms with Gasteiger partial charge in [0, 0.05) is 28.1 Å². The van der Waals surface area contributed by atoms with E-state index in [0.717, 1.165) is 33.3 Å². The fraction of sp³-hybridized carbons (Fsp3) is 0.435. The molecule has 1 heterocycles. The lowest BCUT2D eigenvalue weighted by Crippen LogP contribution is -2.54. The number of nitrogens with one attached hydrogen (secondary N) is 2. The Labute approximate surface area is 191 Å².